The Hall–Kier alpha value is -1.68. The molecular weight excluding hydrogens is 266 g/mol. The highest BCUT2D eigenvalue weighted by molar-refractivity contribution is 9.10. The van der Waals surface area contributed by atoms with Gasteiger partial charge in [0.2, 0.25) is 0 Å². The van der Waals surface area contributed by atoms with E-state index in [1.54, 1.807) is 12.5 Å². The smallest absolute Gasteiger partial charge is 0.177 e. The van der Waals surface area contributed by atoms with Crippen LogP contribution in [0, 0.1) is 0 Å². The number of hydrogen-bond acceptors (Lipinski definition) is 2. The molecule has 1 aromatic carbocycles. The molecule has 16 heavy (non-hydrogen) atoms. The van der Waals surface area contributed by atoms with Crippen LogP contribution in [-0.4, -0.2) is 14.5 Å². The largest absolute Gasteiger partial charge is 0.297 e. The van der Waals surface area contributed by atoms with E-state index in [1.165, 1.54) is 0 Å². The molecule has 0 fully saturated rings. The first kappa shape index (κ1) is 9.54. The molecule has 2 aromatic heterocycles. The summed E-state index contributed by atoms with van der Waals surface area (Å²) in [5.74, 6) is 0. The summed E-state index contributed by atoms with van der Waals surface area (Å²) in [5.41, 5.74) is 2.87. The number of fused-ring (bicyclic) bond motifs is 1. The van der Waals surface area contributed by atoms with Crippen molar-refractivity contribution in [2.75, 3.05) is 0 Å². The topological polar surface area (TPSA) is 30.7 Å². The normalized spacial score (nSPS) is 10.8. The summed E-state index contributed by atoms with van der Waals surface area (Å²) in [4.78, 5) is 8.46. The van der Waals surface area contributed by atoms with Crippen LogP contribution in [0.2, 0.25) is 0 Å². The zero-order valence-electron chi connectivity index (χ0n) is 8.34. The van der Waals surface area contributed by atoms with Gasteiger partial charge in [0, 0.05) is 16.4 Å². The summed E-state index contributed by atoms with van der Waals surface area (Å²) in [7, 11) is 0. The molecule has 0 saturated carbocycles. The van der Waals surface area contributed by atoms with Crippen molar-refractivity contribution in [1.29, 1.82) is 0 Å². The Morgan fingerprint density at radius 1 is 1.00 bits per heavy atom. The van der Waals surface area contributed by atoms with Gasteiger partial charge in [0.15, 0.2) is 5.65 Å². The second-order valence-corrected chi connectivity index (χ2v) is 4.35. The Labute approximate surface area is 101 Å². The van der Waals surface area contributed by atoms with Crippen molar-refractivity contribution in [3.05, 3.63) is 53.4 Å². The van der Waals surface area contributed by atoms with Gasteiger partial charge in [-0.25, -0.2) is 9.97 Å². The molecule has 0 unspecified atom stereocenters. The van der Waals surface area contributed by atoms with Crippen molar-refractivity contribution in [3.63, 3.8) is 0 Å². The maximum Gasteiger partial charge on any atom is 0.177 e. The molecule has 0 saturated heterocycles. The summed E-state index contributed by atoms with van der Waals surface area (Å²) in [6.07, 6.45) is 3.54. The molecular formula is C12H8BrN3. The monoisotopic (exact) mass is 273 g/mol. The lowest BCUT2D eigenvalue weighted by atomic mass is 10.3. The van der Waals surface area contributed by atoms with E-state index in [9.17, 15) is 0 Å². The van der Waals surface area contributed by atoms with Crippen molar-refractivity contribution in [1.82, 2.24) is 14.5 Å². The summed E-state index contributed by atoms with van der Waals surface area (Å²) in [6, 6.07) is 12.0. The van der Waals surface area contributed by atoms with Crippen LogP contribution < -0.4 is 0 Å². The zero-order valence-corrected chi connectivity index (χ0v) is 9.92. The Morgan fingerprint density at radius 3 is 2.62 bits per heavy atom. The number of aromatic nitrogens is 3. The second-order valence-electron chi connectivity index (χ2n) is 3.44. The molecule has 0 bridgehead atoms. The van der Waals surface area contributed by atoms with Crippen LogP contribution >= 0.6 is 15.9 Å². The van der Waals surface area contributed by atoms with E-state index in [2.05, 4.69) is 25.9 Å². The van der Waals surface area contributed by atoms with Crippen LogP contribution in [0.15, 0.2) is 53.4 Å². The van der Waals surface area contributed by atoms with Crippen molar-refractivity contribution < 1.29 is 0 Å². The van der Waals surface area contributed by atoms with Crippen LogP contribution in [-0.2, 0) is 0 Å². The molecule has 78 valence electrons. The van der Waals surface area contributed by atoms with E-state index in [-0.39, 0.29) is 0 Å². The number of nitrogens with zero attached hydrogens (tertiary/aromatic N) is 3. The molecule has 0 aliphatic rings. The molecule has 0 aliphatic carbocycles. The minimum Gasteiger partial charge on any atom is -0.297 e. The van der Waals surface area contributed by atoms with E-state index >= 15 is 0 Å². The summed E-state index contributed by atoms with van der Waals surface area (Å²) >= 11 is 3.42. The van der Waals surface area contributed by atoms with Gasteiger partial charge in [-0.3, -0.25) is 4.57 Å². The fourth-order valence-electron chi connectivity index (χ4n) is 1.66. The lowest BCUT2D eigenvalue weighted by Gasteiger charge is -2.03. The van der Waals surface area contributed by atoms with Crippen LogP contribution in [0.5, 0.6) is 0 Å². The quantitative estimate of drug-likeness (QED) is 0.682. The number of imidazole rings is 1. The molecule has 3 nitrogen and oxygen atoms in total. The third-order valence-electron chi connectivity index (χ3n) is 2.43. The molecule has 3 aromatic rings. The van der Waals surface area contributed by atoms with Crippen LogP contribution in [0.1, 0.15) is 0 Å². The summed E-state index contributed by atoms with van der Waals surface area (Å²) in [6.45, 7) is 0. The van der Waals surface area contributed by atoms with Gasteiger partial charge < -0.3 is 0 Å². The maximum atomic E-state index is 4.26. The maximum absolute atomic E-state index is 4.26. The SMILES string of the molecule is Brc1ccc(-n2cnc3ncccc32)cc1. The minimum atomic E-state index is 0.769. The first-order chi connectivity index (χ1) is 7.84. The van der Waals surface area contributed by atoms with E-state index in [4.69, 9.17) is 0 Å². The predicted molar refractivity (Wildman–Crippen MR) is 66.6 cm³/mol. The van der Waals surface area contributed by atoms with Crippen molar-refractivity contribution in [2.24, 2.45) is 0 Å². The standard InChI is InChI=1S/C12H8BrN3/c13-9-3-5-10(6-4-9)16-8-15-12-11(16)2-1-7-14-12/h1-8H. The Morgan fingerprint density at radius 2 is 1.81 bits per heavy atom. The van der Waals surface area contributed by atoms with Gasteiger partial charge in [0.1, 0.15) is 6.33 Å². The average molecular weight is 274 g/mol. The third-order valence-corrected chi connectivity index (χ3v) is 2.95. The predicted octanol–water partition coefficient (Wildman–Crippen LogP) is 3.18. The van der Waals surface area contributed by atoms with Crippen LogP contribution in [0.25, 0.3) is 16.9 Å². The minimum absolute atomic E-state index is 0.769. The molecule has 0 radical (unpaired) electrons. The first-order valence-corrected chi connectivity index (χ1v) is 5.68. The van der Waals surface area contributed by atoms with Gasteiger partial charge in [-0.1, -0.05) is 15.9 Å². The fraction of sp³-hybridized carbons (Fsp3) is 0. The molecule has 0 aliphatic heterocycles. The number of benzene rings is 1. The number of hydrogen-bond donors (Lipinski definition) is 0. The summed E-state index contributed by atoms with van der Waals surface area (Å²) in [5, 5.41) is 0. The zero-order chi connectivity index (χ0) is 11.0. The Bertz CT molecular complexity index is 628. The van der Waals surface area contributed by atoms with E-state index in [1.807, 2.05) is 41.0 Å². The molecule has 0 atom stereocenters. The molecule has 2 heterocycles. The van der Waals surface area contributed by atoms with Crippen molar-refractivity contribution >= 4 is 27.1 Å². The van der Waals surface area contributed by atoms with Gasteiger partial charge in [-0.2, -0.15) is 0 Å². The van der Waals surface area contributed by atoms with E-state index in [0.29, 0.717) is 0 Å². The number of halogens is 1. The van der Waals surface area contributed by atoms with Gasteiger partial charge in [0.25, 0.3) is 0 Å². The highest BCUT2D eigenvalue weighted by atomic mass is 79.9. The van der Waals surface area contributed by atoms with Gasteiger partial charge in [-0.05, 0) is 36.4 Å². The molecule has 0 amide bonds. The van der Waals surface area contributed by atoms with Crippen LogP contribution in [0.4, 0.5) is 0 Å². The number of pyridine rings is 1. The van der Waals surface area contributed by atoms with E-state index < -0.39 is 0 Å². The van der Waals surface area contributed by atoms with Gasteiger partial charge >= 0.3 is 0 Å². The van der Waals surface area contributed by atoms with Gasteiger partial charge in [-0.15, -0.1) is 0 Å². The fourth-order valence-corrected chi connectivity index (χ4v) is 1.92. The lowest BCUT2D eigenvalue weighted by molar-refractivity contribution is 1.09. The highest BCUT2D eigenvalue weighted by Gasteiger charge is 2.03. The Kier molecular flexibility index (Phi) is 2.22. The van der Waals surface area contributed by atoms with Crippen LogP contribution in [0.3, 0.4) is 0 Å². The first-order valence-electron chi connectivity index (χ1n) is 4.88. The lowest BCUT2D eigenvalue weighted by Crippen LogP contribution is -1.91. The average Bonchev–Trinajstić information content (AvgIpc) is 2.74. The van der Waals surface area contributed by atoms with Crippen molar-refractivity contribution in [3.8, 4) is 5.69 Å². The van der Waals surface area contributed by atoms with Crippen molar-refractivity contribution in [2.45, 2.75) is 0 Å². The third kappa shape index (κ3) is 1.51. The molecule has 0 spiro atoms. The molecule has 0 N–H and O–H groups in total. The highest BCUT2D eigenvalue weighted by Crippen LogP contribution is 2.18. The molecule has 4 heteroatoms. The molecule has 3 rings (SSSR count). The second kappa shape index (κ2) is 3.72. The van der Waals surface area contributed by atoms with Gasteiger partial charge in [0.05, 0.1) is 5.52 Å². The summed E-state index contributed by atoms with van der Waals surface area (Å²) < 4.78 is 3.09. The number of rotatable bonds is 1. The Balaban J connectivity index is 2.22. The van der Waals surface area contributed by atoms with E-state index in [0.717, 1.165) is 21.3 Å².